The Balaban J connectivity index is 1.07. The molecule has 49 heavy (non-hydrogen) atoms. The molecule has 0 radical (unpaired) electrons. The van der Waals surface area contributed by atoms with Crippen molar-refractivity contribution in [2.75, 3.05) is 13.2 Å². The third-order valence-corrected chi connectivity index (χ3v) is 13.5. The van der Waals surface area contributed by atoms with Crippen LogP contribution in [0.15, 0.2) is 48.1 Å². The van der Waals surface area contributed by atoms with E-state index < -0.39 is 0 Å². The molecule has 0 amide bonds. The number of hydrogen-bond donors (Lipinski definition) is 0. The molecular weight excluding hydrogens is 608 g/mol. The molecule has 0 N–H and O–H groups in total. The van der Waals surface area contributed by atoms with E-state index in [1.54, 1.807) is 12.5 Å². The Kier molecular flexibility index (Phi) is 12.8. The van der Waals surface area contributed by atoms with Gasteiger partial charge in [-0.25, -0.2) is 9.59 Å². The molecule has 1 aromatic carbocycles. The van der Waals surface area contributed by atoms with Crippen molar-refractivity contribution in [1.29, 1.82) is 0 Å². The lowest BCUT2D eigenvalue weighted by molar-refractivity contribution is -0.139. The summed E-state index contributed by atoms with van der Waals surface area (Å²) in [4.78, 5) is 24.6. The Labute approximate surface area is 298 Å². The molecular formula is C44H66O5. The van der Waals surface area contributed by atoms with Gasteiger partial charge in [0.1, 0.15) is 11.9 Å². The van der Waals surface area contributed by atoms with Crippen molar-refractivity contribution in [2.45, 2.75) is 144 Å². The van der Waals surface area contributed by atoms with E-state index in [9.17, 15) is 9.59 Å². The molecule has 272 valence electrons. The molecule has 0 aliphatic heterocycles. The Morgan fingerprint density at radius 3 is 2.33 bits per heavy atom. The van der Waals surface area contributed by atoms with Crippen molar-refractivity contribution in [3.8, 4) is 5.75 Å². The Morgan fingerprint density at radius 1 is 0.878 bits per heavy atom. The van der Waals surface area contributed by atoms with Gasteiger partial charge < -0.3 is 14.2 Å². The van der Waals surface area contributed by atoms with Gasteiger partial charge in [0.2, 0.25) is 0 Å². The standard InChI is InChI=1S/C44H66O5/c1-30(2)13-12-14-32(5)38-21-22-39-37-20-17-34-29-36(23-25-43(34,6)40(37)24-26-44(38,39)7)49-42(46)33-15-18-35(19-16-33)47-27-10-8-9-11-28-48-41(45)31(3)4/h15-19,30,32,36-40H,3,8-14,20-29H2,1-2,4-7H3/t32-,36?,37+,38-,39+,40+,43+,44-/m1/s1. The van der Waals surface area contributed by atoms with Crippen LogP contribution in [0.1, 0.15) is 148 Å². The van der Waals surface area contributed by atoms with E-state index >= 15 is 0 Å². The second-order valence-electron chi connectivity index (χ2n) is 17.3. The van der Waals surface area contributed by atoms with E-state index in [-0.39, 0.29) is 23.5 Å². The van der Waals surface area contributed by atoms with E-state index in [0.717, 1.165) is 86.2 Å². The maximum atomic E-state index is 13.2. The zero-order valence-corrected chi connectivity index (χ0v) is 31.7. The van der Waals surface area contributed by atoms with Gasteiger partial charge in [0.15, 0.2) is 0 Å². The smallest absolute Gasteiger partial charge is 0.338 e. The predicted octanol–water partition coefficient (Wildman–Crippen LogP) is 11.3. The molecule has 0 spiro atoms. The van der Waals surface area contributed by atoms with Crippen LogP contribution < -0.4 is 4.74 Å². The Hall–Kier alpha value is -2.56. The maximum absolute atomic E-state index is 13.2. The minimum Gasteiger partial charge on any atom is -0.494 e. The second kappa shape index (κ2) is 16.6. The highest BCUT2D eigenvalue weighted by Gasteiger charge is 2.59. The van der Waals surface area contributed by atoms with Gasteiger partial charge in [0.25, 0.3) is 0 Å². The summed E-state index contributed by atoms with van der Waals surface area (Å²) in [5, 5.41) is 0. The summed E-state index contributed by atoms with van der Waals surface area (Å²) < 4.78 is 17.2. The number of allylic oxidation sites excluding steroid dienone is 1. The summed E-state index contributed by atoms with van der Waals surface area (Å²) in [6, 6.07) is 7.38. The fourth-order valence-electron chi connectivity index (χ4n) is 10.7. The Morgan fingerprint density at radius 2 is 1.61 bits per heavy atom. The number of rotatable bonds is 16. The molecule has 3 fully saturated rings. The molecule has 4 aliphatic rings. The van der Waals surface area contributed by atoms with Crippen molar-refractivity contribution >= 4 is 11.9 Å². The third-order valence-electron chi connectivity index (χ3n) is 13.5. The molecule has 5 nitrogen and oxygen atoms in total. The fourth-order valence-corrected chi connectivity index (χ4v) is 10.7. The van der Waals surface area contributed by atoms with Crippen LogP contribution in [0.2, 0.25) is 0 Å². The summed E-state index contributed by atoms with van der Waals surface area (Å²) in [7, 11) is 0. The summed E-state index contributed by atoms with van der Waals surface area (Å²) in [6.07, 6.45) is 20.3. The number of hydrogen-bond acceptors (Lipinski definition) is 5. The van der Waals surface area contributed by atoms with E-state index in [1.807, 2.05) is 24.3 Å². The first kappa shape index (κ1) is 37.7. The number of carbonyl (C=O) groups is 2. The zero-order chi connectivity index (χ0) is 35.2. The first-order chi connectivity index (χ1) is 23.4. The summed E-state index contributed by atoms with van der Waals surface area (Å²) in [5.74, 6) is 5.23. The molecule has 5 heteroatoms. The SMILES string of the molecule is C=C(C)C(=O)OCCCCCCOc1ccc(C(=O)OC2CC[C@@]3(C)C(=CC[C@H]4[C@@H]5CC[C@H]([C@H](C)CCCC(C)C)[C@@]5(C)CC[C@@H]43)C2)cc1. The van der Waals surface area contributed by atoms with E-state index in [2.05, 4.69) is 47.3 Å². The number of unbranched alkanes of at least 4 members (excludes halogenated alkanes) is 3. The van der Waals surface area contributed by atoms with E-state index in [1.165, 1.54) is 51.4 Å². The second-order valence-corrected chi connectivity index (χ2v) is 17.3. The van der Waals surface area contributed by atoms with Crippen LogP contribution in [0.4, 0.5) is 0 Å². The summed E-state index contributed by atoms with van der Waals surface area (Å²) in [5.41, 5.74) is 3.35. The number of carbonyl (C=O) groups excluding carboxylic acids is 2. The average Bonchev–Trinajstić information content (AvgIpc) is 3.43. The van der Waals surface area contributed by atoms with Gasteiger partial charge in [-0.15, -0.1) is 0 Å². The highest BCUT2D eigenvalue weighted by Crippen LogP contribution is 2.67. The Bertz CT molecular complexity index is 1310. The van der Waals surface area contributed by atoms with Crippen molar-refractivity contribution < 1.29 is 23.8 Å². The molecule has 0 saturated heterocycles. The molecule has 3 saturated carbocycles. The summed E-state index contributed by atoms with van der Waals surface area (Å²) in [6.45, 7) is 18.8. The molecule has 0 heterocycles. The lowest BCUT2D eigenvalue weighted by atomic mass is 9.47. The van der Waals surface area contributed by atoms with Crippen LogP contribution >= 0.6 is 0 Å². The lowest BCUT2D eigenvalue weighted by Crippen LogP contribution is -2.51. The van der Waals surface area contributed by atoms with Crippen LogP contribution in [0.3, 0.4) is 0 Å². The number of esters is 2. The molecule has 0 aromatic heterocycles. The topological polar surface area (TPSA) is 61.8 Å². The largest absolute Gasteiger partial charge is 0.494 e. The number of ether oxygens (including phenoxy) is 3. The van der Waals surface area contributed by atoms with Crippen molar-refractivity contribution in [2.24, 2.45) is 46.3 Å². The van der Waals surface area contributed by atoms with Crippen molar-refractivity contribution in [3.63, 3.8) is 0 Å². The van der Waals surface area contributed by atoms with E-state index in [4.69, 9.17) is 14.2 Å². The molecule has 5 rings (SSSR count). The van der Waals surface area contributed by atoms with Crippen LogP contribution in [0.5, 0.6) is 5.75 Å². The number of benzene rings is 1. The van der Waals surface area contributed by atoms with E-state index in [0.29, 0.717) is 29.8 Å². The van der Waals surface area contributed by atoms with Crippen LogP contribution in [0, 0.1) is 46.3 Å². The van der Waals surface area contributed by atoms with Gasteiger partial charge >= 0.3 is 11.9 Å². The molecule has 1 aromatic rings. The van der Waals surface area contributed by atoms with Gasteiger partial charge in [0, 0.05) is 12.0 Å². The fraction of sp³-hybridized carbons (Fsp3) is 0.727. The minimum absolute atomic E-state index is 0.0416. The normalized spacial score (nSPS) is 31.2. The number of fused-ring (bicyclic) bond motifs is 5. The molecule has 4 aliphatic carbocycles. The van der Waals surface area contributed by atoms with Crippen molar-refractivity contribution in [3.05, 3.63) is 53.6 Å². The molecule has 8 atom stereocenters. The first-order valence-electron chi connectivity index (χ1n) is 19.9. The lowest BCUT2D eigenvalue weighted by Gasteiger charge is -2.58. The zero-order valence-electron chi connectivity index (χ0n) is 31.7. The van der Waals surface area contributed by atoms with Gasteiger partial charge in [-0.2, -0.15) is 0 Å². The molecule has 0 bridgehead atoms. The highest BCUT2D eigenvalue weighted by atomic mass is 16.5. The minimum atomic E-state index is -0.321. The van der Waals surface area contributed by atoms with Gasteiger partial charge in [-0.3, -0.25) is 0 Å². The first-order valence-corrected chi connectivity index (χ1v) is 19.9. The average molecular weight is 675 g/mol. The van der Waals surface area contributed by atoms with Gasteiger partial charge in [0.05, 0.1) is 18.8 Å². The van der Waals surface area contributed by atoms with Gasteiger partial charge in [-0.1, -0.05) is 72.1 Å². The van der Waals surface area contributed by atoms with Crippen LogP contribution in [0.25, 0.3) is 0 Å². The molecule has 1 unspecified atom stereocenters. The highest BCUT2D eigenvalue weighted by molar-refractivity contribution is 5.89. The van der Waals surface area contributed by atoms with Gasteiger partial charge in [-0.05, 0) is 148 Å². The third kappa shape index (κ3) is 8.85. The maximum Gasteiger partial charge on any atom is 0.338 e. The quantitative estimate of drug-likeness (QED) is 0.0756. The van der Waals surface area contributed by atoms with Crippen molar-refractivity contribution in [1.82, 2.24) is 0 Å². The monoisotopic (exact) mass is 674 g/mol. The van der Waals surface area contributed by atoms with Crippen LogP contribution in [-0.4, -0.2) is 31.3 Å². The summed E-state index contributed by atoms with van der Waals surface area (Å²) >= 11 is 0. The predicted molar refractivity (Wildman–Crippen MR) is 198 cm³/mol. The van der Waals surface area contributed by atoms with Crippen LogP contribution in [-0.2, 0) is 14.3 Å².